The van der Waals surface area contributed by atoms with Crippen LogP contribution in [-0.2, 0) is 0 Å². The minimum atomic E-state index is 0.589. The standard InChI is InChI=1S/C15H20/c1-5-7-15(13(4)6-2)14-10-8-12(3)9-11-14/h5,7-11,13H,1,6H2,2-4H3/b15-7+. The van der Waals surface area contributed by atoms with Gasteiger partial charge in [-0.3, -0.25) is 0 Å². The summed E-state index contributed by atoms with van der Waals surface area (Å²) in [6.45, 7) is 10.4. The van der Waals surface area contributed by atoms with E-state index >= 15 is 0 Å². The van der Waals surface area contributed by atoms with Crippen molar-refractivity contribution < 1.29 is 0 Å². The van der Waals surface area contributed by atoms with E-state index in [1.54, 1.807) is 0 Å². The third-order valence-electron chi connectivity index (χ3n) is 2.83. The van der Waals surface area contributed by atoms with Crippen molar-refractivity contribution in [3.63, 3.8) is 0 Å². The molecule has 0 radical (unpaired) electrons. The van der Waals surface area contributed by atoms with Crippen molar-refractivity contribution in [3.05, 3.63) is 54.1 Å². The van der Waals surface area contributed by atoms with Gasteiger partial charge in [-0.1, -0.05) is 62.4 Å². The minimum Gasteiger partial charge on any atom is -0.0991 e. The average Bonchev–Trinajstić information content (AvgIpc) is 2.26. The molecular formula is C15H20. The van der Waals surface area contributed by atoms with E-state index in [9.17, 15) is 0 Å². The monoisotopic (exact) mass is 200 g/mol. The zero-order valence-electron chi connectivity index (χ0n) is 9.96. The van der Waals surface area contributed by atoms with Gasteiger partial charge in [-0.2, -0.15) is 0 Å². The third kappa shape index (κ3) is 3.09. The van der Waals surface area contributed by atoms with Crippen LogP contribution in [0.2, 0.25) is 0 Å². The van der Waals surface area contributed by atoms with Gasteiger partial charge in [0.05, 0.1) is 0 Å². The van der Waals surface area contributed by atoms with Crippen LogP contribution in [0.5, 0.6) is 0 Å². The predicted octanol–water partition coefficient (Wildman–Crippen LogP) is 4.61. The van der Waals surface area contributed by atoms with Gasteiger partial charge in [-0.15, -0.1) is 0 Å². The van der Waals surface area contributed by atoms with Gasteiger partial charge in [0.15, 0.2) is 0 Å². The first-order valence-corrected chi connectivity index (χ1v) is 5.58. The molecule has 15 heavy (non-hydrogen) atoms. The molecule has 1 atom stereocenters. The molecule has 1 unspecified atom stereocenters. The molecule has 80 valence electrons. The zero-order valence-corrected chi connectivity index (χ0v) is 9.96. The van der Waals surface area contributed by atoms with Crippen LogP contribution in [0.15, 0.2) is 43.0 Å². The maximum Gasteiger partial charge on any atom is -0.0187 e. The zero-order chi connectivity index (χ0) is 11.3. The van der Waals surface area contributed by atoms with Crippen LogP contribution in [-0.4, -0.2) is 0 Å². The van der Waals surface area contributed by atoms with E-state index in [1.165, 1.54) is 16.7 Å². The Balaban J connectivity index is 3.05. The molecular weight excluding hydrogens is 180 g/mol. The lowest BCUT2D eigenvalue weighted by Crippen LogP contribution is -1.97. The summed E-state index contributed by atoms with van der Waals surface area (Å²) in [5.74, 6) is 0.589. The number of benzene rings is 1. The molecule has 0 saturated carbocycles. The summed E-state index contributed by atoms with van der Waals surface area (Å²) in [7, 11) is 0. The SMILES string of the molecule is C=C/C=C(/c1ccc(C)cc1)C(C)CC. The van der Waals surface area contributed by atoms with Crippen molar-refractivity contribution in [2.75, 3.05) is 0 Å². The highest BCUT2D eigenvalue weighted by Gasteiger charge is 2.07. The van der Waals surface area contributed by atoms with Crippen LogP contribution in [0, 0.1) is 12.8 Å². The average molecular weight is 200 g/mol. The maximum atomic E-state index is 3.78. The first-order valence-electron chi connectivity index (χ1n) is 5.58. The molecule has 1 aromatic carbocycles. The summed E-state index contributed by atoms with van der Waals surface area (Å²) in [5, 5.41) is 0. The smallest absolute Gasteiger partial charge is 0.0187 e. The summed E-state index contributed by atoms with van der Waals surface area (Å²) in [4.78, 5) is 0. The molecule has 0 aliphatic heterocycles. The predicted molar refractivity (Wildman–Crippen MR) is 68.8 cm³/mol. The second-order valence-corrected chi connectivity index (χ2v) is 4.03. The normalized spacial score (nSPS) is 13.7. The van der Waals surface area contributed by atoms with Crippen LogP contribution in [0.25, 0.3) is 5.57 Å². The molecule has 0 nitrogen and oxygen atoms in total. The Morgan fingerprint density at radius 1 is 1.33 bits per heavy atom. The Kier molecular flexibility index (Phi) is 4.36. The second-order valence-electron chi connectivity index (χ2n) is 4.03. The second kappa shape index (κ2) is 5.55. The highest BCUT2D eigenvalue weighted by Crippen LogP contribution is 2.25. The van der Waals surface area contributed by atoms with Crippen molar-refractivity contribution in [1.29, 1.82) is 0 Å². The molecule has 0 amide bonds. The van der Waals surface area contributed by atoms with E-state index in [2.05, 4.69) is 57.7 Å². The van der Waals surface area contributed by atoms with Crippen LogP contribution < -0.4 is 0 Å². The first-order chi connectivity index (χ1) is 7.19. The molecule has 0 aliphatic carbocycles. The fourth-order valence-corrected chi connectivity index (χ4v) is 1.64. The van der Waals surface area contributed by atoms with Gasteiger partial charge in [-0.25, -0.2) is 0 Å². The topological polar surface area (TPSA) is 0 Å². The lowest BCUT2D eigenvalue weighted by atomic mass is 9.91. The fraction of sp³-hybridized carbons (Fsp3) is 0.333. The summed E-state index contributed by atoms with van der Waals surface area (Å²) in [6.07, 6.45) is 5.16. The Hall–Kier alpha value is -1.30. The fourth-order valence-electron chi connectivity index (χ4n) is 1.64. The van der Waals surface area contributed by atoms with Crippen molar-refractivity contribution in [2.45, 2.75) is 27.2 Å². The van der Waals surface area contributed by atoms with E-state index in [4.69, 9.17) is 0 Å². The van der Waals surface area contributed by atoms with E-state index in [-0.39, 0.29) is 0 Å². The Labute approximate surface area is 93.3 Å². The van der Waals surface area contributed by atoms with Gasteiger partial charge in [0.25, 0.3) is 0 Å². The van der Waals surface area contributed by atoms with Crippen molar-refractivity contribution in [1.82, 2.24) is 0 Å². The van der Waals surface area contributed by atoms with E-state index in [0.717, 1.165) is 6.42 Å². The van der Waals surface area contributed by atoms with Gasteiger partial charge in [-0.05, 0) is 30.4 Å². The Morgan fingerprint density at radius 2 is 1.93 bits per heavy atom. The number of rotatable bonds is 4. The quantitative estimate of drug-likeness (QED) is 0.622. The summed E-state index contributed by atoms with van der Waals surface area (Å²) in [5.41, 5.74) is 4.00. The largest absolute Gasteiger partial charge is 0.0991 e. The highest BCUT2D eigenvalue weighted by molar-refractivity contribution is 5.68. The van der Waals surface area contributed by atoms with Crippen molar-refractivity contribution in [3.8, 4) is 0 Å². The molecule has 0 saturated heterocycles. The van der Waals surface area contributed by atoms with Crippen molar-refractivity contribution >= 4 is 5.57 Å². The van der Waals surface area contributed by atoms with Gasteiger partial charge in [0.2, 0.25) is 0 Å². The molecule has 0 N–H and O–H groups in total. The Bertz CT molecular complexity index is 341. The molecule has 1 aromatic rings. The molecule has 0 fully saturated rings. The first kappa shape index (κ1) is 11.8. The van der Waals surface area contributed by atoms with Gasteiger partial charge >= 0.3 is 0 Å². The highest BCUT2D eigenvalue weighted by atomic mass is 14.1. The summed E-state index contributed by atoms with van der Waals surface area (Å²) >= 11 is 0. The van der Waals surface area contributed by atoms with Crippen LogP contribution >= 0.6 is 0 Å². The van der Waals surface area contributed by atoms with Gasteiger partial charge < -0.3 is 0 Å². The number of hydrogen-bond acceptors (Lipinski definition) is 0. The van der Waals surface area contributed by atoms with E-state index < -0.39 is 0 Å². The molecule has 0 bridgehead atoms. The molecule has 0 aliphatic rings. The van der Waals surface area contributed by atoms with Gasteiger partial charge in [0, 0.05) is 0 Å². The third-order valence-corrected chi connectivity index (χ3v) is 2.83. The minimum absolute atomic E-state index is 0.589. The Morgan fingerprint density at radius 3 is 2.40 bits per heavy atom. The van der Waals surface area contributed by atoms with Gasteiger partial charge in [0.1, 0.15) is 0 Å². The summed E-state index contributed by atoms with van der Waals surface area (Å²) < 4.78 is 0. The lowest BCUT2D eigenvalue weighted by Gasteiger charge is -2.14. The summed E-state index contributed by atoms with van der Waals surface area (Å²) in [6, 6.07) is 8.71. The number of aryl methyl sites for hydroxylation is 1. The molecule has 0 heteroatoms. The van der Waals surface area contributed by atoms with E-state index in [0.29, 0.717) is 5.92 Å². The van der Waals surface area contributed by atoms with Crippen LogP contribution in [0.3, 0.4) is 0 Å². The molecule has 0 heterocycles. The molecule has 0 spiro atoms. The van der Waals surface area contributed by atoms with Crippen LogP contribution in [0.4, 0.5) is 0 Å². The lowest BCUT2D eigenvalue weighted by molar-refractivity contribution is 0.717. The number of hydrogen-bond donors (Lipinski definition) is 0. The number of allylic oxidation sites excluding steroid dienone is 3. The van der Waals surface area contributed by atoms with Crippen molar-refractivity contribution in [2.24, 2.45) is 5.92 Å². The van der Waals surface area contributed by atoms with Crippen LogP contribution in [0.1, 0.15) is 31.4 Å². The molecule has 1 rings (SSSR count). The molecule has 0 aromatic heterocycles. The van der Waals surface area contributed by atoms with E-state index in [1.807, 2.05) is 6.08 Å². The maximum absolute atomic E-state index is 3.78.